The van der Waals surface area contributed by atoms with Crippen LogP contribution in [0.15, 0.2) is 52.9 Å². The van der Waals surface area contributed by atoms with Gasteiger partial charge in [-0.2, -0.15) is 0 Å². The van der Waals surface area contributed by atoms with Crippen LogP contribution in [0.1, 0.15) is 11.5 Å². The minimum absolute atomic E-state index is 0.188. The minimum Gasteiger partial charge on any atom is -0.420 e. The summed E-state index contributed by atoms with van der Waals surface area (Å²) in [6.07, 6.45) is 0.488. The van der Waals surface area contributed by atoms with E-state index in [1.165, 1.54) is 6.07 Å². The van der Waals surface area contributed by atoms with E-state index in [9.17, 15) is 4.39 Å². The summed E-state index contributed by atoms with van der Waals surface area (Å²) in [4.78, 5) is 0. The van der Waals surface area contributed by atoms with Crippen molar-refractivity contribution in [2.24, 2.45) is 0 Å². The third kappa shape index (κ3) is 2.51. The van der Waals surface area contributed by atoms with E-state index in [2.05, 4.69) is 10.2 Å². The lowest BCUT2D eigenvalue weighted by molar-refractivity contribution is 0.513. The fraction of sp³-hybridized carbons (Fsp3) is 0.0667. The molecule has 1 heterocycles. The van der Waals surface area contributed by atoms with Crippen molar-refractivity contribution in [3.63, 3.8) is 0 Å². The van der Waals surface area contributed by atoms with Crippen molar-refractivity contribution in [2.45, 2.75) is 6.42 Å². The minimum atomic E-state index is -0.379. The van der Waals surface area contributed by atoms with Crippen LogP contribution in [0.2, 0.25) is 0 Å². The molecule has 2 aromatic carbocycles. The third-order valence-electron chi connectivity index (χ3n) is 2.91. The summed E-state index contributed by atoms with van der Waals surface area (Å²) in [6, 6.07) is 13.7. The van der Waals surface area contributed by atoms with Crippen LogP contribution < -0.4 is 5.73 Å². The number of nitrogens with two attached hydrogens (primary N) is 1. The third-order valence-corrected chi connectivity index (χ3v) is 2.91. The fourth-order valence-corrected chi connectivity index (χ4v) is 1.88. The molecule has 0 radical (unpaired) electrons. The SMILES string of the molecule is Nc1ccc(Cc2nnc(-c3ccccc3F)o2)cc1. The molecule has 0 saturated carbocycles. The Bertz CT molecular complexity index is 722. The first-order valence-corrected chi connectivity index (χ1v) is 6.14. The van der Waals surface area contributed by atoms with E-state index in [-0.39, 0.29) is 11.7 Å². The second kappa shape index (κ2) is 5.13. The number of nitrogen functional groups attached to an aromatic ring is 1. The lowest BCUT2D eigenvalue weighted by atomic mass is 10.1. The lowest BCUT2D eigenvalue weighted by Crippen LogP contribution is -1.90. The van der Waals surface area contributed by atoms with Gasteiger partial charge in [0.25, 0.3) is 5.89 Å². The van der Waals surface area contributed by atoms with Gasteiger partial charge in [0.05, 0.1) is 12.0 Å². The van der Waals surface area contributed by atoms with Crippen molar-refractivity contribution >= 4 is 5.69 Å². The Morgan fingerprint density at radius 3 is 2.50 bits per heavy atom. The van der Waals surface area contributed by atoms with Gasteiger partial charge in [0.1, 0.15) is 5.82 Å². The molecule has 0 amide bonds. The number of benzene rings is 2. The standard InChI is InChI=1S/C15H12FN3O/c16-13-4-2-1-3-12(13)15-19-18-14(20-15)9-10-5-7-11(17)8-6-10/h1-8H,9,17H2. The molecule has 5 heteroatoms. The molecule has 1 aromatic heterocycles. The van der Waals surface area contributed by atoms with Crippen LogP contribution >= 0.6 is 0 Å². The van der Waals surface area contributed by atoms with Crippen LogP contribution in [0.5, 0.6) is 0 Å². The van der Waals surface area contributed by atoms with Crippen LogP contribution in [0.4, 0.5) is 10.1 Å². The topological polar surface area (TPSA) is 64.9 Å². The van der Waals surface area contributed by atoms with Crippen molar-refractivity contribution in [1.29, 1.82) is 0 Å². The van der Waals surface area contributed by atoms with Crippen molar-refractivity contribution in [2.75, 3.05) is 5.73 Å². The van der Waals surface area contributed by atoms with Crippen LogP contribution in [-0.4, -0.2) is 10.2 Å². The number of hydrogen-bond donors (Lipinski definition) is 1. The zero-order chi connectivity index (χ0) is 13.9. The molecule has 20 heavy (non-hydrogen) atoms. The number of hydrogen-bond acceptors (Lipinski definition) is 4. The Labute approximate surface area is 115 Å². The molecule has 0 bridgehead atoms. The summed E-state index contributed by atoms with van der Waals surface area (Å²) in [5.74, 6) is 0.247. The number of anilines is 1. The zero-order valence-electron chi connectivity index (χ0n) is 10.6. The van der Waals surface area contributed by atoms with Gasteiger partial charge in [-0.3, -0.25) is 0 Å². The normalized spacial score (nSPS) is 10.7. The predicted molar refractivity (Wildman–Crippen MR) is 73.4 cm³/mol. The smallest absolute Gasteiger partial charge is 0.250 e. The van der Waals surface area contributed by atoms with Crippen LogP contribution in [0.3, 0.4) is 0 Å². The average Bonchev–Trinajstić information content (AvgIpc) is 2.90. The maximum Gasteiger partial charge on any atom is 0.250 e. The molecular weight excluding hydrogens is 257 g/mol. The van der Waals surface area contributed by atoms with Gasteiger partial charge in [-0.25, -0.2) is 4.39 Å². The van der Waals surface area contributed by atoms with Crippen LogP contribution in [0, 0.1) is 5.82 Å². The van der Waals surface area contributed by atoms with Gasteiger partial charge >= 0.3 is 0 Å². The molecule has 0 aliphatic carbocycles. The van der Waals surface area contributed by atoms with E-state index >= 15 is 0 Å². The summed E-state index contributed by atoms with van der Waals surface area (Å²) in [5, 5.41) is 7.82. The van der Waals surface area contributed by atoms with E-state index in [1.807, 2.05) is 24.3 Å². The molecule has 3 aromatic rings. The fourth-order valence-electron chi connectivity index (χ4n) is 1.88. The Hall–Kier alpha value is -2.69. The Morgan fingerprint density at radius 2 is 1.75 bits per heavy atom. The highest BCUT2D eigenvalue weighted by atomic mass is 19.1. The van der Waals surface area contributed by atoms with Gasteiger partial charge in [0.2, 0.25) is 5.89 Å². The van der Waals surface area contributed by atoms with Gasteiger partial charge < -0.3 is 10.2 Å². The average molecular weight is 269 g/mol. The van der Waals surface area contributed by atoms with E-state index in [0.29, 0.717) is 23.6 Å². The summed E-state index contributed by atoms with van der Waals surface area (Å²) in [6.45, 7) is 0. The first-order valence-electron chi connectivity index (χ1n) is 6.14. The molecule has 0 spiro atoms. The molecule has 0 aliphatic heterocycles. The molecule has 2 N–H and O–H groups in total. The first-order chi connectivity index (χ1) is 9.72. The van der Waals surface area contributed by atoms with E-state index < -0.39 is 0 Å². The number of nitrogens with zero attached hydrogens (tertiary/aromatic N) is 2. The molecule has 100 valence electrons. The number of rotatable bonds is 3. The quantitative estimate of drug-likeness (QED) is 0.742. The van der Waals surface area contributed by atoms with Crippen LogP contribution in [0.25, 0.3) is 11.5 Å². The number of aromatic nitrogens is 2. The molecule has 0 atom stereocenters. The van der Waals surface area contributed by atoms with E-state index in [1.54, 1.807) is 18.2 Å². The Morgan fingerprint density at radius 1 is 1.00 bits per heavy atom. The Balaban J connectivity index is 1.84. The summed E-state index contributed by atoms with van der Waals surface area (Å²) >= 11 is 0. The zero-order valence-corrected chi connectivity index (χ0v) is 10.6. The lowest BCUT2D eigenvalue weighted by Gasteiger charge is -1.98. The summed E-state index contributed by atoms with van der Waals surface area (Å²) in [7, 11) is 0. The second-order valence-electron chi connectivity index (χ2n) is 4.40. The second-order valence-corrected chi connectivity index (χ2v) is 4.40. The summed E-state index contributed by atoms with van der Waals surface area (Å²) < 4.78 is 19.1. The van der Waals surface area contributed by atoms with Crippen molar-refractivity contribution in [1.82, 2.24) is 10.2 Å². The predicted octanol–water partition coefficient (Wildman–Crippen LogP) is 3.05. The van der Waals surface area contributed by atoms with Gasteiger partial charge in [-0.05, 0) is 29.8 Å². The maximum absolute atomic E-state index is 13.6. The molecule has 0 aliphatic rings. The highest BCUT2D eigenvalue weighted by Crippen LogP contribution is 2.21. The molecular formula is C15H12FN3O. The first kappa shape index (κ1) is 12.3. The van der Waals surface area contributed by atoms with E-state index in [4.69, 9.17) is 10.2 Å². The highest BCUT2D eigenvalue weighted by Gasteiger charge is 2.12. The monoisotopic (exact) mass is 269 g/mol. The largest absolute Gasteiger partial charge is 0.420 e. The highest BCUT2D eigenvalue weighted by molar-refractivity contribution is 5.53. The van der Waals surface area contributed by atoms with Crippen molar-refractivity contribution < 1.29 is 8.81 Å². The molecule has 4 nitrogen and oxygen atoms in total. The molecule has 3 rings (SSSR count). The van der Waals surface area contributed by atoms with Crippen molar-refractivity contribution in [3.05, 3.63) is 65.8 Å². The van der Waals surface area contributed by atoms with Gasteiger partial charge in [-0.15, -0.1) is 10.2 Å². The molecule has 0 unspecified atom stereocenters. The van der Waals surface area contributed by atoms with Gasteiger partial charge in [0, 0.05) is 5.69 Å². The van der Waals surface area contributed by atoms with Crippen LogP contribution in [-0.2, 0) is 6.42 Å². The van der Waals surface area contributed by atoms with E-state index in [0.717, 1.165) is 5.56 Å². The molecule has 0 saturated heterocycles. The van der Waals surface area contributed by atoms with Crippen molar-refractivity contribution in [3.8, 4) is 11.5 Å². The summed E-state index contributed by atoms with van der Waals surface area (Å²) in [5.41, 5.74) is 7.64. The van der Waals surface area contributed by atoms with Gasteiger partial charge in [-0.1, -0.05) is 24.3 Å². The van der Waals surface area contributed by atoms with Gasteiger partial charge in [0.15, 0.2) is 0 Å². The number of halogens is 1. The molecule has 0 fully saturated rings. The maximum atomic E-state index is 13.6. The Kier molecular flexibility index (Phi) is 3.16.